The number of phosphoric acid groups is 2. The SMILES string of the molecule is COc1ccc(/C=C\c2cc(OC)c(OC)c(OP(=O)(O)O)c2)cc1OP(=O)(O)O.[K+].[K+].[K+]. The van der Waals surface area contributed by atoms with E-state index in [1.165, 1.54) is 39.5 Å². The molecule has 0 amide bonds. The number of methoxy groups -OCH3 is 3. The van der Waals surface area contributed by atoms with Crippen molar-refractivity contribution in [2.75, 3.05) is 21.3 Å². The minimum absolute atomic E-state index is 0. The molecular weight excluding hydrogens is 559 g/mol. The number of hydrogen-bond acceptors (Lipinski definition) is 7. The molecule has 0 aromatic heterocycles. The van der Waals surface area contributed by atoms with E-state index < -0.39 is 15.6 Å². The van der Waals surface area contributed by atoms with Gasteiger partial charge in [-0.2, -0.15) is 0 Å². The Kier molecular flexibility index (Phi) is 19.4. The van der Waals surface area contributed by atoms with E-state index in [-0.39, 0.29) is 183 Å². The first kappa shape index (κ1) is 37.5. The first-order valence-corrected chi connectivity index (χ1v) is 11.1. The summed E-state index contributed by atoms with van der Waals surface area (Å²) in [6, 6.07) is 7.28. The number of phosphoric ester groups is 2. The minimum Gasteiger partial charge on any atom is -0.493 e. The van der Waals surface area contributed by atoms with Crippen molar-refractivity contribution >= 4 is 27.8 Å². The van der Waals surface area contributed by atoms with Crippen molar-refractivity contribution in [3.63, 3.8) is 0 Å². The smallest absolute Gasteiger partial charge is 0.493 e. The Morgan fingerprint density at radius 3 is 1.58 bits per heavy atom. The van der Waals surface area contributed by atoms with Crippen LogP contribution >= 0.6 is 15.6 Å². The first-order valence-electron chi connectivity index (χ1n) is 8.08. The van der Waals surface area contributed by atoms with Gasteiger partial charge in [-0.15, -0.1) is 0 Å². The molecule has 164 valence electrons. The van der Waals surface area contributed by atoms with Crippen LogP contribution in [0.4, 0.5) is 0 Å². The summed E-state index contributed by atoms with van der Waals surface area (Å²) in [5.74, 6) is -0.0991. The fourth-order valence-electron chi connectivity index (χ4n) is 2.43. The molecule has 0 saturated carbocycles. The van der Waals surface area contributed by atoms with Gasteiger partial charge in [-0.3, -0.25) is 19.6 Å². The molecule has 0 atom stereocenters. The fourth-order valence-corrected chi connectivity index (χ4v) is 3.22. The zero-order chi connectivity index (χ0) is 22.5. The molecule has 0 fully saturated rings. The summed E-state index contributed by atoms with van der Waals surface area (Å²) < 4.78 is 47.0. The minimum atomic E-state index is -4.85. The third-order valence-electron chi connectivity index (χ3n) is 3.56. The van der Waals surface area contributed by atoms with Crippen molar-refractivity contribution in [1.82, 2.24) is 0 Å². The summed E-state index contributed by atoms with van der Waals surface area (Å²) in [6.45, 7) is 0. The van der Waals surface area contributed by atoms with Crippen LogP contribution in [-0.4, -0.2) is 40.9 Å². The quantitative estimate of drug-likeness (QED) is 0.127. The van der Waals surface area contributed by atoms with Gasteiger partial charge in [0, 0.05) is 0 Å². The predicted molar refractivity (Wildman–Crippen MR) is 107 cm³/mol. The van der Waals surface area contributed by atoms with Crippen molar-refractivity contribution in [3.8, 4) is 28.7 Å². The fraction of sp³-hybridized carbons (Fsp3) is 0.176. The van der Waals surface area contributed by atoms with Crippen LogP contribution in [0.1, 0.15) is 11.1 Å². The summed E-state index contributed by atoms with van der Waals surface area (Å²) in [4.78, 5) is 36.3. The molecule has 2 rings (SSSR count). The number of hydrogen-bond donors (Lipinski definition) is 4. The number of benzene rings is 2. The summed E-state index contributed by atoms with van der Waals surface area (Å²) in [6.07, 6.45) is 3.12. The predicted octanol–water partition coefficient (Wildman–Crippen LogP) is -6.16. The number of rotatable bonds is 9. The van der Waals surface area contributed by atoms with E-state index in [0.717, 1.165) is 0 Å². The summed E-state index contributed by atoms with van der Waals surface area (Å²) >= 11 is 0. The normalized spacial score (nSPS) is 10.9. The van der Waals surface area contributed by atoms with Gasteiger partial charge >= 0.3 is 170 Å². The first-order chi connectivity index (χ1) is 14.0. The van der Waals surface area contributed by atoms with Crippen LogP contribution in [0.3, 0.4) is 0 Å². The molecule has 0 aliphatic carbocycles. The van der Waals surface area contributed by atoms with Gasteiger partial charge < -0.3 is 23.3 Å². The second-order valence-electron chi connectivity index (χ2n) is 5.66. The molecular formula is C17H20K3O11P2+3. The second-order valence-corrected chi connectivity index (χ2v) is 7.99. The van der Waals surface area contributed by atoms with Crippen molar-refractivity contribution < 1.29 is 206 Å². The molecule has 16 heteroatoms. The summed E-state index contributed by atoms with van der Waals surface area (Å²) in [5, 5.41) is 0. The van der Waals surface area contributed by atoms with Crippen LogP contribution < -0.4 is 177 Å². The van der Waals surface area contributed by atoms with Crippen LogP contribution in [0, 0.1) is 0 Å². The van der Waals surface area contributed by atoms with Crippen LogP contribution in [0.15, 0.2) is 30.3 Å². The maximum atomic E-state index is 11.2. The molecule has 0 saturated heterocycles. The van der Waals surface area contributed by atoms with E-state index in [9.17, 15) is 9.13 Å². The van der Waals surface area contributed by atoms with Gasteiger partial charge in [0.15, 0.2) is 23.0 Å². The zero-order valence-electron chi connectivity index (χ0n) is 19.1. The third kappa shape index (κ3) is 13.1. The zero-order valence-corrected chi connectivity index (χ0v) is 30.2. The Balaban J connectivity index is 0. The Hall–Kier alpha value is 2.39. The molecule has 0 aliphatic heterocycles. The van der Waals surface area contributed by atoms with Crippen molar-refractivity contribution in [1.29, 1.82) is 0 Å². The molecule has 33 heavy (non-hydrogen) atoms. The topological polar surface area (TPSA) is 161 Å². The Morgan fingerprint density at radius 2 is 1.09 bits per heavy atom. The largest absolute Gasteiger partial charge is 1.00 e. The van der Waals surface area contributed by atoms with Gasteiger partial charge in [-0.25, -0.2) is 9.13 Å². The third-order valence-corrected chi connectivity index (χ3v) is 4.43. The Bertz CT molecular complexity index is 1040. The van der Waals surface area contributed by atoms with E-state index in [1.807, 2.05) is 0 Å². The maximum absolute atomic E-state index is 11.2. The van der Waals surface area contributed by atoms with Crippen LogP contribution in [0.2, 0.25) is 0 Å². The van der Waals surface area contributed by atoms with Gasteiger partial charge in [-0.05, 0) is 35.4 Å². The molecule has 2 aromatic rings. The van der Waals surface area contributed by atoms with E-state index in [4.69, 9.17) is 33.8 Å². The molecule has 0 spiro atoms. The van der Waals surface area contributed by atoms with Gasteiger partial charge in [-0.1, -0.05) is 18.2 Å². The Morgan fingerprint density at radius 1 is 0.636 bits per heavy atom. The van der Waals surface area contributed by atoms with Crippen molar-refractivity contribution in [3.05, 3.63) is 41.5 Å². The van der Waals surface area contributed by atoms with Gasteiger partial charge in [0.1, 0.15) is 0 Å². The van der Waals surface area contributed by atoms with Gasteiger partial charge in [0.25, 0.3) is 0 Å². The van der Waals surface area contributed by atoms with E-state index in [2.05, 4.69) is 9.05 Å². The van der Waals surface area contributed by atoms with Crippen LogP contribution in [0.25, 0.3) is 12.2 Å². The molecule has 0 heterocycles. The molecule has 0 aliphatic rings. The number of ether oxygens (including phenoxy) is 3. The molecule has 0 radical (unpaired) electrons. The second kappa shape index (κ2) is 17.1. The molecule has 0 bridgehead atoms. The summed E-state index contributed by atoms with van der Waals surface area (Å²) in [7, 11) is -5.69. The average Bonchev–Trinajstić information content (AvgIpc) is 2.63. The van der Waals surface area contributed by atoms with E-state index in [1.54, 1.807) is 24.3 Å². The van der Waals surface area contributed by atoms with Crippen LogP contribution in [0.5, 0.6) is 28.7 Å². The molecule has 11 nitrogen and oxygen atoms in total. The molecule has 4 N–H and O–H groups in total. The average molecular weight is 580 g/mol. The van der Waals surface area contributed by atoms with Crippen LogP contribution in [-0.2, 0) is 9.13 Å². The monoisotopic (exact) mass is 579 g/mol. The van der Waals surface area contributed by atoms with E-state index >= 15 is 0 Å². The van der Waals surface area contributed by atoms with E-state index in [0.29, 0.717) is 11.1 Å². The molecule has 2 aromatic carbocycles. The van der Waals surface area contributed by atoms with Gasteiger partial charge in [0.05, 0.1) is 21.3 Å². The molecule has 0 unspecified atom stereocenters. The van der Waals surface area contributed by atoms with Gasteiger partial charge in [0.2, 0.25) is 5.75 Å². The maximum Gasteiger partial charge on any atom is 1.00 e. The summed E-state index contributed by atoms with van der Waals surface area (Å²) in [5.41, 5.74) is 0.927. The van der Waals surface area contributed by atoms with Crippen molar-refractivity contribution in [2.45, 2.75) is 0 Å². The standard InChI is InChI=1S/C17H20O11P2.3K/c1-24-13-7-6-11(8-14(13)27-29(18,19)20)4-5-12-9-15(25-2)17(26-3)16(10-12)28-30(21,22)23;;;/h4-10H,1-3H3,(H2,18,19,20)(H2,21,22,23);;;/q;3*+1/b5-4-;;;. The Labute approximate surface area is 318 Å². The van der Waals surface area contributed by atoms with Crippen molar-refractivity contribution in [2.24, 2.45) is 0 Å².